The topological polar surface area (TPSA) is 66.9 Å². The zero-order valence-electron chi connectivity index (χ0n) is 11.6. The lowest BCUT2D eigenvalue weighted by atomic mass is 10.3. The van der Waals surface area contributed by atoms with Crippen LogP contribution in [0.25, 0.3) is 0 Å². The Morgan fingerprint density at radius 3 is 2.60 bits per heavy atom. The smallest absolute Gasteiger partial charge is 0.271 e. The average molecular weight is 290 g/mol. The van der Waals surface area contributed by atoms with Crippen LogP contribution in [0, 0.1) is 0 Å². The molecular formula is C14H18N4OS. The zero-order valence-corrected chi connectivity index (χ0v) is 12.5. The van der Waals surface area contributed by atoms with Crippen molar-refractivity contribution in [3.8, 4) is 0 Å². The minimum Gasteiger partial charge on any atom is -0.369 e. The number of carbonyl (C=O) groups is 1. The minimum atomic E-state index is -0.202. The van der Waals surface area contributed by atoms with Crippen molar-refractivity contribution in [2.75, 3.05) is 11.9 Å². The molecule has 2 rings (SSSR count). The molecule has 0 atom stereocenters. The summed E-state index contributed by atoms with van der Waals surface area (Å²) in [7, 11) is 0. The maximum Gasteiger partial charge on any atom is 0.271 e. The molecule has 1 amide bonds. The third kappa shape index (κ3) is 3.77. The van der Waals surface area contributed by atoms with Gasteiger partial charge < -0.3 is 10.6 Å². The SMILES string of the molecule is CCNc1cnc(C(=O)NCc2ccc(CC)s2)cn1. The number of aromatic nitrogens is 2. The van der Waals surface area contributed by atoms with Gasteiger partial charge in [-0.3, -0.25) is 4.79 Å². The molecule has 0 aliphatic heterocycles. The monoisotopic (exact) mass is 290 g/mol. The van der Waals surface area contributed by atoms with Crippen LogP contribution in [0.3, 0.4) is 0 Å². The maximum atomic E-state index is 11.9. The molecule has 20 heavy (non-hydrogen) atoms. The molecule has 6 heteroatoms. The molecule has 106 valence electrons. The number of nitrogens with one attached hydrogen (secondary N) is 2. The first-order valence-electron chi connectivity index (χ1n) is 6.64. The molecule has 0 bridgehead atoms. The second-order valence-corrected chi connectivity index (χ2v) is 5.47. The van der Waals surface area contributed by atoms with E-state index in [0.717, 1.165) is 17.8 Å². The lowest BCUT2D eigenvalue weighted by molar-refractivity contribution is 0.0946. The van der Waals surface area contributed by atoms with Gasteiger partial charge >= 0.3 is 0 Å². The normalized spacial score (nSPS) is 10.3. The Hall–Kier alpha value is -1.95. The summed E-state index contributed by atoms with van der Waals surface area (Å²) in [6, 6.07) is 4.14. The van der Waals surface area contributed by atoms with E-state index in [9.17, 15) is 4.79 Å². The third-order valence-electron chi connectivity index (χ3n) is 2.73. The lowest BCUT2D eigenvalue weighted by Gasteiger charge is -2.04. The summed E-state index contributed by atoms with van der Waals surface area (Å²) >= 11 is 1.72. The van der Waals surface area contributed by atoms with Gasteiger partial charge in [-0.25, -0.2) is 9.97 Å². The number of hydrogen-bond donors (Lipinski definition) is 2. The maximum absolute atomic E-state index is 11.9. The van der Waals surface area contributed by atoms with Gasteiger partial charge in [-0.1, -0.05) is 6.92 Å². The van der Waals surface area contributed by atoms with E-state index in [1.54, 1.807) is 17.5 Å². The van der Waals surface area contributed by atoms with E-state index in [0.29, 0.717) is 18.1 Å². The molecule has 0 radical (unpaired) electrons. The van der Waals surface area contributed by atoms with Crippen LogP contribution in [0.1, 0.15) is 34.1 Å². The fourth-order valence-electron chi connectivity index (χ4n) is 1.68. The molecule has 0 saturated carbocycles. The standard InChI is InChI=1S/C14H18N4OS/c1-3-10-5-6-11(20-10)7-18-14(19)12-8-17-13(9-16-12)15-4-2/h5-6,8-9H,3-4,7H2,1-2H3,(H,15,17)(H,18,19). The van der Waals surface area contributed by atoms with Crippen LogP contribution in [0.2, 0.25) is 0 Å². The number of aryl methyl sites for hydroxylation is 1. The molecule has 0 aliphatic rings. The van der Waals surface area contributed by atoms with Crippen molar-refractivity contribution in [3.63, 3.8) is 0 Å². The van der Waals surface area contributed by atoms with Crippen LogP contribution in [-0.4, -0.2) is 22.4 Å². The largest absolute Gasteiger partial charge is 0.369 e. The van der Waals surface area contributed by atoms with Gasteiger partial charge in [0.1, 0.15) is 11.5 Å². The van der Waals surface area contributed by atoms with E-state index in [4.69, 9.17) is 0 Å². The number of nitrogens with zero attached hydrogens (tertiary/aromatic N) is 2. The highest BCUT2D eigenvalue weighted by Crippen LogP contribution is 2.16. The first kappa shape index (κ1) is 14.5. The van der Waals surface area contributed by atoms with Gasteiger partial charge in [-0.05, 0) is 25.5 Å². The number of carbonyl (C=O) groups excluding carboxylic acids is 1. The van der Waals surface area contributed by atoms with Crippen molar-refractivity contribution in [2.24, 2.45) is 0 Å². The van der Waals surface area contributed by atoms with Crippen molar-refractivity contribution in [1.29, 1.82) is 0 Å². The van der Waals surface area contributed by atoms with E-state index in [1.807, 2.05) is 13.0 Å². The summed E-state index contributed by atoms with van der Waals surface area (Å²) < 4.78 is 0. The van der Waals surface area contributed by atoms with E-state index >= 15 is 0 Å². The average Bonchev–Trinajstić information content (AvgIpc) is 2.94. The van der Waals surface area contributed by atoms with Gasteiger partial charge in [0.05, 0.1) is 18.9 Å². The summed E-state index contributed by atoms with van der Waals surface area (Å²) in [5.74, 6) is 0.474. The summed E-state index contributed by atoms with van der Waals surface area (Å²) in [5, 5.41) is 5.89. The molecule has 0 spiro atoms. The van der Waals surface area contributed by atoms with Crippen LogP contribution in [0.5, 0.6) is 0 Å². The summed E-state index contributed by atoms with van der Waals surface area (Å²) in [6.45, 7) is 5.40. The quantitative estimate of drug-likeness (QED) is 0.857. The predicted octanol–water partition coefficient (Wildman–Crippen LogP) is 2.46. The van der Waals surface area contributed by atoms with Crippen LogP contribution >= 0.6 is 11.3 Å². The highest BCUT2D eigenvalue weighted by Gasteiger charge is 2.08. The molecule has 2 heterocycles. The molecule has 2 aromatic rings. The summed E-state index contributed by atoms with van der Waals surface area (Å²) in [5.41, 5.74) is 0.332. The second kappa shape index (κ2) is 7.00. The zero-order chi connectivity index (χ0) is 14.4. The van der Waals surface area contributed by atoms with Crippen LogP contribution < -0.4 is 10.6 Å². The van der Waals surface area contributed by atoms with E-state index < -0.39 is 0 Å². The fourth-order valence-corrected chi connectivity index (χ4v) is 2.58. The first-order valence-corrected chi connectivity index (χ1v) is 7.46. The highest BCUT2D eigenvalue weighted by molar-refractivity contribution is 7.11. The molecule has 2 aromatic heterocycles. The van der Waals surface area contributed by atoms with Gasteiger partial charge in [0.25, 0.3) is 5.91 Å². The molecule has 2 N–H and O–H groups in total. The first-order chi connectivity index (χ1) is 9.72. The second-order valence-electron chi connectivity index (χ2n) is 4.22. The highest BCUT2D eigenvalue weighted by atomic mass is 32.1. The Labute approximate surface area is 122 Å². The molecule has 0 aromatic carbocycles. The van der Waals surface area contributed by atoms with E-state index in [-0.39, 0.29) is 5.91 Å². The minimum absolute atomic E-state index is 0.202. The number of amides is 1. The van der Waals surface area contributed by atoms with Crippen molar-refractivity contribution in [2.45, 2.75) is 26.8 Å². The molecule has 0 saturated heterocycles. The van der Waals surface area contributed by atoms with Gasteiger partial charge in [-0.2, -0.15) is 0 Å². The van der Waals surface area contributed by atoms with Crippen LogP contribution in [0.4, 0.5) is 5.82 Å². The summed E-state index contributed by atoms with van der Waals surface area (Å²) in [4.78, 5) is 22.6. The van der Waals surface area contributed by atoms with Crippen molar-refractivity contribution < 1.29 is 4.79 Å². The number of hydrogen-bond acceptors (Lipinski definition) is 5. The van der Waals surface area contributed by atoms with Crippen LogP contribution in [-0.2, 0) is 13.0 Å². The van der Waals surface area contributed by atoms with E-state index in [1.165, 1.54) is 11.1 Å². The fraction of sp³-hybridized carbons (Fsp3) is 0.357. The van der Waals surface area contributed by atoms with Gasteiger partial charge in [0, 0.05) is 16.3 Å². The Bertz CT molecular complexity index is 565. The molecular weight excluding hydrogens is 272 g/mol. The lowest BCUT2D eigenvalue weighted by Crippen LogP contribution is -2.23. The van der Waals surface area contributed by atoms with E-state index in [2.05, 4.69) is 33.6 Å². The van der Waals surface area contributed by atoms with Crippen LogP contribution in [0.15, 0.2) is 24.5 Å². The molecule has 0 fully saturated rings. The number of rotatable bonds is 6. The number of anilines is 1. The van der Waals surface area contributed by atoms with Gasteiger partial charge in [0.15, 0.2) is 0 Å². The van der Waals surface area contributed by atoms with Crippen molar-refractivity contribution in [1.82, 2.24) is 15.3 Å². The Morgan fingerprint density at radius 2 is 2.00 bits per heavy atom. The van der Waals surface area contributed by atoms with Gasteiger partial charge in [0.2, 0.25) is 0 Å². The summed E-state index contributed by atoms with van der Waals surface area (Å²) in [6.07, 6.45) is 4.08. The Morgan fingerprint density at radius 1 is 1.20 bits per heavy atom. The Balaban J connectivity index is 1.90. The Kier molecular flexibility index (Phi) is 5.06. The molecule has 0 unspecified atom stereocenters. The van der Waals surface area contributed by atoms with Crippen molar-refractivity contribution >= 4 is 23.1 Å². The third-order valence-corrected chi connectivity index (χ3v) is 3.96. The van der Waals surface area contributed by atoms with Gasteiger partial charge in [-0.15, -0.1) is 11.3 Å². The molecule has 5 nitrogen and oxygen atoms in total. The predicted molar refractivity (Wildman–Crippen MR) is 81.1 cm³/mol. The molecule has 0 aliphatic carbocycles. The number of thiophene rings is 1. The van der Waals surface area contributed by atoms with Crippen molar-refractivity contribution in [3.05, 3.63) is 40.0 Å².